The van der Waals surface area contributed by atoms with E-state index in [1.54, 1.807) is 0 Å². The molecule has 2 spiro atoms. The van der Waals surface area contributed by atoms with Gasteiger partial charge in [-0.05, 0) is 41.9 Å². The summed E-state index contributed by atoms with van der Waals surface area (Å²) in [5.74, 6) is 0.400. The number of ketones is 1. The van der Waals surface area contributed by atoms with E-state index < -0.39 is 0 Å². The molecule has 0 aromatic carbocycles. The lowest BCUT2D eigenvalue weighted by atomic mass is 9.48. The van der Waals surface area contributed by atoms with Gasteiger partial charge in [-0.3, -0.25) is 9.79 Å². The highest BCUT2D eigenvalue weighted by molar-refractivity contribution is 8.02. The summed E-state index contributed by atoms with van der Waals surface area (Å²) >= 11 is 1.88. The Morgan fingerprint density at radius 1 is 1.33 bits per heavy atom. The SMILES string of the molecule is O=C1CCC23C=NC=C2c2c([nH]c4c2CCC=C4)C2SC=CC23C1. The zero-order valence-electron chi connectivity index (χ0n) is 13.3. The predicted molar refractivity (Wildman–Crippen MR) is 97.8 cm³/mol. The van der Waals surface area contributed by atoms with Crippen LogP contribution in [-0.4, -0.2) is 17.0 Å². The number of nitrogens with one attached hydrogen (secondary N) is 1. The van der Waals surface area contributed by atoms with Crippen molar-refractivity contribution in [3.8, 4) is 0 Å². The summed E-state index contributed by atoms with van der Waals surface area (Å²) in [5.41, 5.74) is 6.60. The molecule has 3 nitrogen and oxygen atoms in total. The Balaban J connectivity index is 1.69. The smallest absolute Gasteiger partial charge is 0.133 e. The lowest BCUT2D eigenvalue weighted by Gasteiger charge is -2.54. The molecule has 1 aromatic rings. The Hall–Kier alpha value is -1.81. The monoisotopic (exact) mass is 334 g/mol. The molecular formula is C20H18N2OS. The number of aromatic amines is 1. The van der Waals surface area contributed by atoms with Gasteiger partial charge in [0.1, 0.15) is 5.78 Å². The number of thioether (sulfide) groups is 1. The molecule has 3 aliphatic carbocycles. The highest BCUT2D eigenvalue weighted by Crippen LogP contribution is 2.73. The van der Waals surface area contributed by atoms with Gasteiger partial charge in [0.25, 0.3) is 0 Å². The van der Waals surface area contributed by atoms with Gasteiger partial charge in [-0.25, -0.2) is 0 Å². The van der Waals surface area contributed by atoms with Crippen LogP contribution in [0.15, 0.2) is 28.8 Å². The number of carbonyl (C=O) groups is 1. The molecule has 1 saturated carbocycles. The van der Waals surface area contributed by atoms with Crippen molar-refractivity contribution in [1.82, 2.24) is 4.98 Å². The molecule has 24 heavy (non-hydrogen) atoms. The number of rotatable bonds is 0. The summed E-state index contributed by atoms with van der Waals surface area (Å²) in [4.78, 5) is 20.8. The topological polar surface area (TPSA) is 45.2 Å². The van der Waals surface area contributed by atoms with Crippen LogP contribution in [0.4, 0.5) is 0 Å². The maximum Gasteiger partial charge on any atom is 0.133 e. The van der Waals surface area contributed by atoms with Crippen molar-refractivity contribution in [2.75, 3.05) is 0 Å². The first kappa shape index (κ1) is 13.5. The molecule has 2 aliphatic heterocycles. The van der Waals surface area contributed by atoms with Crippen molar-refractivity contribution in [3.05, 3.63) is 46.3 Å². The molecule has 0 amide bonds. The predicted octanol–water partition coefficient (Wildman–Crippen LogP) is 4.44. The summed E-state index contributed by atoms with van der Waals surface area (Å²) in [6.07, 6.45) is 15.5. The number of hydrogen-bond donors (Lipinski definition) is 1. The fraction of sp³-hybridized carbons (Fsp3) is 0.400. The zero-order chi connectivity index (χ0) is 15.9. The van der Waals surface area contributed by atoms with Gasteiger partial charge in [0, 0.05) is 53.0 Å². The third-order valence-electron chi connectivity index (χ3n) is 6.69. The number of Topliss-reactive ketones (excluding diaryl/α,β-unsaturated/α-hetero) is 1. The fourth-order valence-corrected chi connectivity index (χ4v) is 7.05. The van der Waals surface area contributed by atoms with Crippen LogP contribution in [0, 0.1) is 10.8 Å². The minimum atomic E-state index is -0.136. The first-order chi connectivity index (χ1) is 11.8. The van der Waals surface area contributed by atoms with Crippen molar-refractivity contribution in [3.63, 3.8) is 0 Å². The van der Waals surface area contributed by atoms with Crippen LogP contribution in [0.5, 0.6) is 0 Å². The van der Waals surface area contributed by atoms with E-state index in [1.165, 1.54) is 28.1 Å². The van der Waals surface area contributed by atoms with Crippen LogP contribution in [-0.2, 0) is 11.2 Å². The molecule has 6 rings (SSSR count). The average Bonchev–Trinajstić information content (AvgIpc) is 3.26. The van der Waals surface area contributed by atoms with Crippen molar-refractivity contribution in [2.45, 2.75) is 37.4 Å². The second kappa shape index (κ2) is 4.23. The first-order valence-electron chi connectivity index (χ1n) is 8.77. The number of carbonyl (C=O) groups excluding carboxylic acids is 1. The maximum atomic E-state index is 12.4. The molecule has 3 heterocycles. The molecule has 0 radical (unpaired) electrons. The van der Waals surface area contributed by atoms with Crippen molar-refractivity contribution >= 4 is 35.4 Å². The molecule has 1 N–H and O–H groups in total. The van der Waals surface area contributed by atoms with E-state index in [4.69, 9.17) is 0 Å². The first-order valence-corrected chi connectivity index (χ1v) is 9.71. The van der Waals surface area contributed by atoms with Crippen LogP contribution in [0.3, 0.4) is 0 Å². The normalized spacial score (nSPS) is 37.6. The number of nitrogens with zero attached hydrogens (tertiary/aromatic N) is 1. The second-order valence-corrected chi connectivity index (χ2v) is 8.63. The molecule has 3 atom stereocenters. The van der Waals surface area contributed by atoms with E-state index in [2.05, 4.69) is 46.0 Å². The number of aromatic nitrogens is 1. The largest absolute Gasteiger partial charge is 0.357 e. The lowest BCUT2D eigenvalue weighted by molar-refractivity contribution is -0.124. The molecule has 1 fully saturated rings. The summed E-state index contributed by atoms with van der Waals surface area (Å²) in [6, 6.07) is 0. The Morgan fingerprint density at radius 3 is 3.25 bits per heavy atom. The molecule has 1 aromatic heterocycles. The average molecular weight is 334 g/mol. The second-order valence-electron chi connectivity index (χ2n) is 7.61. The summed E-state index contributed by atoms with van der Waals surface area (Å²) in [6.45, 7) is 0. The quantitative estimate of drug-likeness (QED) is 0.762. The molecule has 0 saturated heterocycles. The van der Waals surface area contributed by atoms with E-state index in [-0.39, 0.29) is 10.8 Å². The van der Waals surface area contributed by atoms with E-state index in [0.717, 1.165) is 19.3 Å². The number of H-pyrrole nitrogens is 1. The summed E-state index contributed by atoms with van der Waals surface area (Å²) in [7, 11) is 0. The van der Waals surface area contributed by atoms with Crippen molar-refractivity contribution < 1.29 is 4.79 Å². The lowest BCUT2D eigenvalue weighted by Crippen LogP contribution is -2.51. The van der Waals surface area contributed by atoms with Crippen LogP contribution >= 0.6 is 11.8 Å². The van der Waals surface area contributed by atoms with Crippen molar-refractivity contribution in [1.29, 1.82) is 0 Å². The molecular weight excluding hydrogens is 316 g/mol. The van der Waals surface area contributed by atoms with E-state index in [1.807, 2.05) is 11.8 Å². The van der Waals surface area contributed by atoms with E-state index in [0.29, 0.717) is 23.9 Å². The van der Waals surface area contributed by atoms with Gasteiger partial charge in [-0.2, -0.15) is 0 Å². The standard InChI is InChI=1S/C20H18N2OS/c23-12-5-6-20-11-21-10-14(20)16-13-3-1-2-4-15(13)22-17(16)18-19(20,9-12)7-8-24-18/h2,4,7-8,10-11,18,22H,1,3,5-6,9H2. The summed E-state index contributed by atoms with van der Waals surface area (Å²) < 4.78 is 0. The van der Waals surface area contributed by atoms with Gasteiger partial charge in [0.2, 0.25) is 0 Å². The molecule has 3 unspecified atom stereocenters. The van der Waals surface area contributed by atoms with Gasteiger partial charge in [-0.1, -0.05) is 12.2 Å². The number of allylic oxidation sites excluding steroid dienone is 3. The van der Waals surface area contributed by atoms with Gasteiger partial charge < -0.3 is 4.98 Å². The third kappa shape index (κ3) is 1.32. The number of hydrogen-bond acceptors (Lipinski definition) is 3. The Labute approximate surface area is 145 Å². The summed E-state index contributed by atoms with van der Waals surface area (Å²) in [5, 5.41) is 2.52. The molecule has 5 aliphatic rings. The van der Waals surface area contributed by atoms with Crippen LogP contribution in [0.1, 0.15) is 53.4 Å². The van der Waals surface area contributed by atoms with Crippen LogP contribution in [0.25, 0.3) is 11.6 Å². The number of fused-ring (bicyclic) bond motifs is 5. The Kier molecular flexibility index (Phi) is 2.38. The van der Waals surface area contributed by atoms with E-state index in [9.17, 15) is 4.79 Å². The zero-order valence-corrected chi connectivity index (χ0v) is 14.2. The van der Waals surface area contributed by atoms with Crippen LogP contribution < -0.4 is 0 Å². The Morgan fingerprint density at radius 2 is 2.29 bits per heavy atom. The van der Waals surface area contributed by atoms with Gasteiger partial charge in [0.05, 0.1) is 5.25 Å². The fourth-order valence-electron chi connectivity index (χ4n) is 5.65. The molecule has 120 valence electrons. The van der Waals surface area contributed by atoms with Gasteiger partial charge in [0.15, 0.2) is 0 Å². The minimum Gasteiger partial charge on any atom is -0.357 e. The van der Waals surface area contributed by atoms with Gasteiger partial charge >= 0.3 is 0 Å². The van der Waals surface area contributed by atoms with Gasteiger partial charge in [-0.15, -0.1) is 11.8 Å². The highest BCUT2D eigenvalue weighted by atomic mass is 32.2. The molecule has 0 bridgehead atoms. The maximum absolute atomic E-state index is 12.4. The third-order valence-corrected chi connectivity index (χ3v) is 7.91. The Bertz CT molecular complexity index is 918. The highest BCUT2D eigenvalue weighted by Gasteiger charge is 2.65. The molecule has 4 heteroatoms. The van der Waals surface area contributed by atoms with E-state index >= 15 is 0 Å². The minimum absolute atomic E-state index is 0.0876. The van der Waals surface area contributed by atoms with Crippen LogP contribution in [0.2, 0.25) is 0 Å². The number of aliphatic imine (C=N–C) groups is 1. The van der Waals surface area contributed by atoms with Crippen molar-refractivity contribution in [2.24, 2.45) is 15.8 Å².